The predicted molar refractivity (Wildman–Crippen MR) is 49.6 cm³/mol. The minimum atomic E-state index is 0.0861. The van der Waals surface area contributed by atoms with E-state index in [2.05, 4.69) is 32.2 Å². The maximum Gasteiger partial charge on any atom is 0.0955 e. The lowest BCUT2D eigenvalue weighted by Gasteiger charge is -2.36. The first-order valence-electron chi connectivity index (χ1n) is 4.69. The molecule has 1 aliphatic rings. The summed E-state index contributed by atoms with van der Waals surface area (Å²) in [5.41, 5.74) is 0.287. The summed E-state index contributed by atoms with van der Waals surface area (Å²) in [4.78, 5) is 0. The highest BCUT2D eigenvalue weighted by Gasteiger charge is 2.29. The van der Waals surface area contributed by atoms with Crippen LogP contribution in [-0.4, -0.2) is 12.1 Å². The Labute approximate surface area is 75.0 Å². The van der Waals surface area contributed by atoms with Crippen LogP contribution in [0.2, 0.25) is 0 Å². The fraction of sp³-hybridized carbons (Fsp3) is 0.900. The van der Waals surface area contributed by atoms with Gasteiger partial charge in [0.1, 0.15) is 0 Å². The third-order valence-corrected chi connectivity index (χ3v) is 2.59. The van der Waals surface area contributed by atoms with Crippen molar-refractivity contribution >= 4 is 0 Å². The highest BCUT2D eigenvalue weighted by molar-refractivity contribution is 4.97. The Morgan fingerprint density at radius 3 is 2.50 bits per heavy atom. The summed E-state index contributed by atoms with van der Waals surface area (Å²) in [6.07, 6.45) is 3.41. The molecule has 0 bridgehead atoms. The van der Waals surface area contributed by atoms with Crippen molar-refractivity contribution in [3.63, 3.8) is 0 Å². The zero-order valence-electron chi connectivity index (χ0n) is 8.22. The van der Waals surface area contributed by atoms with Crippen LogP contribution in [0.25, 0.3) is 0 Å². The van der Waals surface area contributed by atoms with E-state index in [4.69, 9.17) is 5.26 Å². The predicted octanol–water partition coefficient (Wildman–Crippen LogP) is 2.07. The molecule has 1 N–H and O–H groups in total. The van der Waals surface area contributed by atoms with Crippen molar-refractivity contribution in [2.24, 2.45) is 5.41 Å². The van der Waals surface area contributed by atoms with Crippen molar-refractivity contribution in [2.75, 3.05) is 0 Å². The normalized spacial score (nSPS) is 31.2. The monoisotopic (exact) mass is 166 g/mol. The van der Waals surface area contributed by atoms with Crippen LogP contribution < -0.4 is 5.32 Å². The van der Waals surface area contributed by atoms with Crippen LogP contribution in [0.3, 0.4) is 0 Å². The lowest BCUT2D eigenvalue weighted by Crippen LogP contribution is -2.48. The van der Waals surface area contributed by atoms with E-state index in [0.29, 0.717) is 6.04 Å². The van der Waals surface area contributed by atoms with Gasteiger partial charge in [-0.25, -0.2) is 0 Å². The second-order valence-corrected chi connectivity index (χ2v) is 4.70. The van der Waals surface area contributed by atoms with Crippen molar-refractivity contribution in [1.29, 1.82) is 5.26 Å². The molecule has 2 atom stereocenters. The van der Waals surface area contributed by atoms with Gasteiger partial charge in [-0.05, 0) is 24.7 Å². The summed E-state index contributed by atoms with van der Waals surface area (Å²) in [5.74, 6) is 0. The van der Waals surface area contributed by atoms with Crippen LogP contribution >= 0.6 is 0 Å². The first kappa shape index (κ1) is 9.54. The van der Waals surface area contributed by atoms with E-state index in [-0.39, 0.29) is 11.5 Å². The first-order chi connectivity index (χ1) is 5.54. The molecular formula is C10H18N2. The van der Waals surface area contributed by atoms with Crippen LogP contribution in [0.4, 0.5) is 0 Å². The van der Waals surface area contributed by atoms with Crippen molar-refractivity contribution in [2.45, 2.75) is 52.1 Å². The van der Waals surface area contributed by atoms with E-state index in [1.54, 1.807) is 0 Å². The Morgan fingerprint density at radius 2 is 2.00 bits per heavy atom. The Hall–Kier alpha value is -0.550. The largest absolute Gasteiger partial charge is 0.299 e. The molecule has 1 fully saturated rings. The average Bonchev–Trinajstić information content (AvgIpc) is 2.03. The SMILES string of the molecule is CC(C)(C)[C@@H]1CCC[C@@H](C#N)N1. The minimum absolute atomic E-state index is 0.0861. The van der Waals surface area contributed by atoms with Gasteiger partial charge in [0, 0.05) is 6.04 Å². The zero-order chi connectivity index (χ0) is 9.19. The van der Waals surface area contributed by atoms with E-state index < -0.39 is 0 Å². The topological polar surface area (TPSA) is 35.8 Å². The first-order valence-corrected chi connectivity index (χ1v) is 4.69. The van der Waals surface area contributed by atoms with Gasteiger partial charge in [-0.2, -0.15) is 5.26 Å². The Morgan fingerprint density at radius 1 is 1.33 bits per heavy atom. The molecule has 68 valence electrons. The summed E-state index contributed by atoms with van der Waals surface area (Å²) < 4.78 is 0. The minimum Gasteiger partial charge on any atom is -0.299 e. The molecule has 0 radical (unpaired) electrons. The molecule has 1 saturated heterocycles. The van der Waals surface area contributed by atoms with Gasteiger partial charge >= 0.3 is 0 Å². The molecule has 1 aliphatic heterocycles. The summed E-state index contributed by atoms with van der Waals surface area (Å²) in [7, 11) is 0. The van der Waals surface area contributed by atoms with Crippen LogP contribution in [0, 0.1) is 16.7 Å². The Bertz CT molecular complexity index is 185. The molecule has 1 heterocycles. The molecular weight excluding hydrogens is 148 g/mol. The van der Waals surface area contributed by atoms with Gasteiger partial charge in [0.25, 0.3) is 0 Å². The van der Waals surface area contributed by atoms with Crippen molar-refractivity contribution in [3.05, 3.63) is 0 Å². The summed E-state index contributed by atoms with van der Waals surface area (Å²) in [6, 6.07) is 2.89. The molecule has 0 aliphatic carbocycles. The molecule has 2 nitrogen and oxygen atoms in total. The number of rotatable bonds is 0. The van der Waals surface area contributed by atoms with Crippen LogP contribution in [0.15, 0.2) is 0 Å². The Balaban J connectivity index is 2.53. The van der Waals surface area contributed by atoms with E-state index in [9.17, 15) is 0 Å². The van der Waals surface area contributed by atoms with Gasteiger partial charge in [-0.3, -0.25) is 5.32 Å². The van der Waals surface area contributed by atoms with Crippen molar-refractivity contribution in [3.8, 4) is 6.07 Å². The van der Waals surface area contributed by atoms with Gasteiger partial charge in [-0.1, -0.05) is 20.8 Å². The standard InChI is InChI=1S/C10H18N2/c1-10(2,3)9-6-4-5-8(7-11)12-9/h8-9,12H,4-6H2,1-3H3/t8-,9-/m0/s1. The molecule has 0 unspecified atom stereocenters. The summed E-state index contributed by atoms with van der Waals surface area (Å²) in [5, 5.41) is 12.1. The van der Waals surface area contributed by atoms with Gasteiger partial charge < -0.3 is 0 Å². The van der Waals surface area contributed by atoms with Gasteiger partial charge in [-0.15, -0.1) is 0 Å². The fourth-order valence-corrected chi connectivity index (χ4v) is 1.72. The second-order valence-electron chi connectivity index (χ2n) is 4.70. The number of nitrogens with zero attached hydrogens (tertiary/aromatic N) is 1. The molecule has 0 amide bonds. The van der Waals surface area contributed by atoms with E-state index in [1.165, 1.54) is 12.8 Å². The van der Waals surface area contributed by atoms with E-state index >= 15 is 0 Å². The molecule has 0 aromatic carbocycles. The number of nitriles is 1. The maximum absolute atomic E-state index is 8.76. The number of nitrogens with one attached hydrogen (secondary N) is 1. The third kappa shape index (κ3) is 2.22. The van der Waals surface area contributed by atoms with Gasteiger partial charge in [0.05, 0.1) is 12.1 Å². The zero-order valence-corrected chi connectivity index (χ0v) is 8.22. The number of piperidine rings is 1. The fourth-order valence-electron chi connectivity index (χ4n) is 1.72. The Kier molecular flexibility index (Phi) is 2.74. The quantitative estimate of drug-likeness (QED) is 0.598. The van der Waals surface area contributed by atoms with Gasteiger partial charge in [0.2, 0.25) is 0 Å². The number of hydrogen-bond acceptors (Lipinski definition) is 2. The molecule has 12 heavy (non-hydrogen) atoms. The molecule has 0 saturated carbocycles. The highest BCUT2D eigenvalue weighted by Crippen LogP contribution is 2.27. The molecule has 0 aromatic heterocycles. The van der Waals surface area contributed by atoms with Crippen LogP contribution in [0.1, 0.15) is 40.0 Å². The van der Waals surface area contributed by atoms with Crippen LogP contribution in [-0.2, 0) is 0 Å². The third-order valence-electron chi connectivity index (χ3n) is 2.59. The molecule has 2 heteroatoms. The molecule has 0 aromatic rings. The average molecular weight is 166 g/mol. The smallest absolute Gasteiger partial charge is 0.0955 e. The summed E-state index contributed by atoms with van der Waals surface area (Å²) >= 11 is 0. The van der Waals surface area contributed by atoms with Crippen LogP contribution in [0.5, 0.6) is 0 Å². The van der Waals surface area contributed by atoms with E-state index in [1.807, 2.05) is 0 Å². The second kappa shape index (κ2) is 3.45. The van der Waals surface area contributed by atoms with Crippen molar-refractivity contribution in [1.82, 2.24) is 5.32 Å². The molecule has 0 spiro atoms. The van der Waals surface area contributed by atoms with E-state index in [0.717, 1.165) is 6.42 Å². The lowest BCUT2D eigenvalue weighted by atomic mass is 9.81. The number of hydrogen-bond donors (Lipinski definition) is 1. The lowest BCUT2D eigenvalue weighted by molar-refractivity contribution is 0.209. The highest BCUT2D eigenvalue weighted by atomic mass is 15.0. The maximum atomic E-state index is 8.76. The molecule has 1 rings (SSSR count). The van der Waals surface area contributed by atoms with Crippen molar-refractivity contribution < 1.29 is 0 Å². The van der Waals surface area contributed by atoms with Gasteiger partial charge in [0.15, 0.2) is 0 Å². The summed E-state index contributed by atoms with van der Waals surface area (Å²) in [6.45, 7) is 6.68.